The van der Waals surface area contributed by atoms with Crippen molar-refractivity contribution in [2.45, 2.75) is 181 Å². The molecule has 8 nitrogen and oxygen atoms in total. The first kappa shape index (κ1) is 44.1. The number of allylic oxidation sites excluding steroid dienone is 1. The maximum atomic E-state index is 12.4. The van der Waals surface area contributed by atoms with Crippen molar-refractivity contribution in [3.8, 4) is 0 Å². The lowest BCUT2D eigenvalue weighted by Gasteiger charge is -2.24. The van der Waals surface area contributed by atoms with Crippen molar-refractivity contribution in [2.75, 3.05) is 5.75 Å². The first-order valence-corrected chi connectivity index (χ1v) is 18.7. The molecule has 0 radical (unpaired) electrons. The molecule has 0 bridgehead atoms. The predicted molar refractivity (Wildman–Crippen MR) is 180 cm³/mol. The van der Waals surface area contributed by atoms with Gasteiger partial charge >= 0.3 is 0 Å². The number of unbranched alkanes of at least 4 members (excludes halogenated alkanes) is 15. The van der Waals surface area contributed by atoms with Crippen LogP contribution >= 0.6 is 0 Å². The molecule has 0 fully saturated rings. The SMILES string of the molecule is CC(C)CCCCCCCCC/C=C/[C@@H](O)[C@H](CS(=O)(=O)[O-])NC(=O)C[C@H](O)CCCCCCCCCCCC(C)C.[NH4+]. The van der Waals surface area contributed by atoms with Crippen LogP contribution in [0.1, 0.15) is 163 Å². The zero-order valence-electron chi connectivity index (χ0n) is 28.5. The van der Waals surface area contributed by atoms with Gasteiger partial charge in [-0.2, -0.15) is 0 Å². The number of rotatable bonds is 29. The number of aliphatic hydroxyl groups is 2. The van der Waals surface area contributed by atoms with Gasteiger partial charge in [0, 0.05) is 0 Å². The summed E-state index contributed by atoms with van der Waals surface area (Å²) in [5.41, 5.74) is 0. The van der Waals surface area contributed by atoms with Crippen LogP contribution in [0.25, 0.3) is 0 Å². The van der Waals surface area contributed by atoms with Crippen LogP contribution in [0.5, 0.6) is 0 Å². The van der Waals surface area contributed by atoms with Crippen LogP contribution in [0.4, 0.5) is 0 Å². The number of nitrogens with one attached hydrogen (secondary N) is 1. The standard InChI is InChI=1S/C34H67NO6S.H3N/c1-29(2)23-19-15-11-7-5-9-13-17-21-25-31(36)27-34(38)35-32(28-42(39,40)41)33(37)26-22-18-14-10-6-8-12-16-20-24-30(3)4;/h22,26,29-33,36-37H,5-21,23-25,27-28H2,1-4H3,(H,35,38)(H,39,40,41);1H3/b26-22+;/t31-,32+,33-;/m1./s1. The normalized spacial score (nSPS) is 14.3. The minimum Gasteiger partial charge on any atom is -0.748 e. The first-order valence-electron chi connectivity index (χ1n) is 17.2. The summed E-state index contributed by atoms with van der Waals surface area (Å²) in [4.78, 5) is 12.4. The number of carbonyl (C=O) groups is 1. The van der Waals surface area contributed by atoms with Gasteiger partial charge in [0.05, 0.1) is 40.5 Å². The quantitative estimate of drug-likeness (QED) is 0.0368. The summed E-state index contributed by atoms with van der Waals surface area (Å²) in [6, 6.07) is -1.24. The maximum absolute atomic E-state index is 12.4. The van der Waals surface area contributed by atoms with Crippen LogP contribution in [-0.4, -0.2) is 53.1 Å². The third-order valence-corrected chi connectivity index (χ3v) is 8.64. The van der Waals surface area contributed by atoms with Crippen molar-refractivity contribution >= 4 is 16.0 Å². The molecule has 0 aliphatic heterocycles. The lowest BCUT2D eigenvalue weighted by atomic mass is 10.0. The maximum Gasteiger partial charge on any atom is 0.222 e. The molecule has 3 atom stereocenters. The zero-order valence-corrected chi connectivity index (χ0v) is 29.3. The number of hydrogen-bond donors (Lipinski definition) is 4. The average Bonchev–Trinajstić information content (AvgIpc) is 2.88. The number of carbonyl (C=O) groups excluding carboxylic acids is 1. The van der Waals surface area contributed by atoms with E-state index in [1.54, 1.807) is 6.08 Å². The van der Waals surface area contributed by atoms with E-state index in [9.17, 15) is 28.0 Å². The minimum absolute atomic E-state index is 0. The first-order chi connectivity index (χ1) is 19.9. The fourth-order valence-corrected chi connectivity index (χ4v) is 5.99. The Morgan fingerprint density at radius 2 is 1.09 bits per heavy atom. The van der Waals surface area contributed by atoms with Gasteiger partial charge in [0.2, 0.25) is 5.91 Å². The van der Waals surface area contributed by atoms with E-state index in [0.717, 1.165) is 50.4 Å². The molecule has 9 heteroatoms. The number of quaternary nitrogens is 1. The smallest absolute Gasteiger partial charge is 0.222 e. The van der Waals surface area contributed by atoms with Crippen molar-refractivity contribution in [1.82, 2.24) is 11.5 Å². The lowest BCUT2D eigenvalue weighted by Crippen LogP contribution is -2.47. The second-order valence-electron chi connectivity index (χ2n) is 13.3. The number of amides is 1. The molecule has 0 spiro atoms. The summed E-state index contributed by atoms with van der Waals surface area (Å²) in [7, 11) is -4.66. The molecule has 0 aromatic carbocycles. The minimum atomic E-state index is -4.66. The van der Waals surface area contributed by atoms with E-state index < -0.39 is 40.0 Å². The highest BCUT2D eigenvalue weighted by Crippen LogP contribution is 2.15. The second-order valence-corrected chi connectivity index (χ2v) is 14.7. The van der Waals surface area contributed by atoms with Gasteiger partial charge in [-0.15, -0.1) is 0 Å². The highest BCUT2D eigenvalue weighted by atomic mass is 32.2. The summed E-state index contributed by atoms with van der Waals surface area (Å²) in [6.07, 6.45) is 23.7. The summed E-state index contributed by atoms with van der Waals surface area (Å²) >= 11 is 0. The lowest BCUT2D eigenvalue weighted by molar-refractivity contribution is -0.124. The van der Waals surface area contributed by atoms with Gasteiger partial charge in [0.15, 0.2) is 0 Å². The molecular weight excluding hydrogens is 564 g/mol. The summed E-state index contributed by atoms with van der Waals surface area (Å²) < 4.78 is 34.1. The average molecular weight is 635 g/mol. The fraction of sp³-hybridized carbons (Fsp3) is 0.912. The molecule has 0 heterocycles. The van der Waals surface area contributed by atoms with E-state index >= 15 is 0 Å². The Hall–Kier alpha value is -1.00. The topological polar surface area (TPSA) is 163 Å². The van der Waals surface area contributed by atoms with Gasteiger partial charge in [0.25, 0.3) is 0 Å². The molecule has 43 heavy (non-hydrogen) atoms. The van der Waals surface area contributed by atoms with Crippen LogP contribution in [0.2, 0.25) is 0 Å². The Labute approximate surface area is 265 Å². The van der Waals surface area contributed by atoms with Gasteiger partial charge in [-0.25, -0.2) is 8.42 Å². The molecule has 1 amide bonds. The van der Waals surface area contributed by atoms with Crippen molar-refractivity contribution in [1.29, 1.82) is 0 Å². The molecule has 0 saturated carbocycles. The predicted octanol–water partition coefficient (Wildman–Crippen LogP) is 8.17. The Bertz CT molecular complexity index is 773. The van der Waals surface area contributed by atoms with Crippen molar-refractivity contribution in [2.24, 2.45) is 11.8 Å². The Kier molecular flexibility index (Phi) is 29.2. The fourth-order valence-electron chi connectivity index (χ4n) is 5.27. The van der Waals surface area contributed by atoms with E-state index in [1.807, 2.05) is 0 Å². The summed E-state index contributed by atoms with van der Waals surface area (Å²) in [6.45, 7) is 9.05. The molecular formula is C34H70N2O6S. The van der Waals surface area contributed by atoms with Crippen molar-refractivity contribution in [3.05, 3.63) is 12.2 Å². The second kappa shape index (κ2) is 28.5. The van der Waals surface area contributed by atoms with Crippen LogP contribution < -0.4 is 11.5 Å². The molecule has 258 valence electrons. The Morgan fingerprint density at radius 3 is 1.51 bits per heavy atom. The van der Waals surface area contributed by atoms with Crippen LogP contribution in [0.3, 0.4) is 0 Å². The summed E-state index contributed by atoms with van der Waals surface area (Å²) in [5.74, 6) is 0.108. The van der Waals surface area contributed by atoms with Gasteiger partial charge in [-0.3, -0.25) is 4.79 Å². The van der Waals surface area contributed by atoms with Crippen molar-refractivity contribution < 1.29 is 28.0 Å². The van der Waals surface area contributed by atoms with Gasteiger partial charge in [-0.1, -0.05) is 149 Å². The molecule has 0 unspecified atom stereocenters. The third-order valence-electron chi connectivity index (χ3n) is 7.87. The Balaban J connectivity index is 0. The molecule has 0 aliphatic rings. The number of aliphatic hydroxyl groups excluding tert-OH is 2. The third kappa shape index (κ3) is 32.2. The van der Waals surface area contributed by atoms with Crippen molar-refractivity contribution in [3.63, 3.8) is 0 Å². The van der Waals surface area contributed by atoms with Gasteiger partial charge < -0.3 is 26.2 Å². The van der Waals surface area contributed by atoms with Crippen LogP contribution in [0.15, 0.2) is 12.2 Å². The highest BCUT2D eigenvalue weighted by Gasteiger charge is 2.23. The molecule has 7 N–H and O–H groups in total. The largest absolute Gasteiger partial charge is 0.748 e. The van der Waals surface area contributed by atoms with E-state index in [4.69, 9.17) is 0 Å². The van der Waals surface area contributed by atoms with Gasteiger partial charge in [-0.05, 0) is 31.1 Å². The molecule has 0 aromatic heterocycles. The molecule has 0 aromatic rings. The van der Waals surface area contributed by atoms with Crippen LogP contribution in [-0.2, 0) is 14.9 Å². The van der Waals surface area contributed by atoms with E-state index in [1.165, 1.54) is 89.5 Å². The molecule has 0 aliphatic carbocycles. The van der Waals surface area contributed by atoms with Crippen LogP contribution in [0, 0.1) is 11.8 Å². The zero-order chi connectivity index (χ0) is 31.6. The summed E-state index contributed by atoms with van der Waals surface area (Å²) in [5, 5.41) is 23.2. The monoisotopic (exact) mass is 634 g/mol. The van der Waals surface area contributed by atoms with E-state index in [2.05, 4.69) is 33.0 Å². The van der Waals surface area contributed by atoms with E-state index in [0.29, 0.717) is 6.42 Å². The van der Waals surface area contributed by atoms with E-state index in [-0.39, 0.29) is 12.6 Å². The molecule has 0 saturated heterocycles. The number of hydrogen-bond acceptors (Lipinski definition) is 6. The van der Waals surface area contributed by atoms with Gasteiger partial charge in [0.1, 0.15) is 0 Å². The Morgan fingerprint density at radius 1 is 0.698 bits per heavy atom. The highest BCUT2D eigenvalue weighted by molar-refractivity contribution is 7.85. The molecule has 0 rings (SSSR count).